The van der Waals surface area contributed by atoms with Gasteiger partial charge in [-0.15, -0.1) is 11.6 Å². The van der Waals surface area contributed by atoms with E-state index >= 15 is 0 Å². The molecule has 0 aliphatic heterocycles. The van der Waals surface area contributed by atoms with Crippen LogP contribution in [0, 0.1) is 5.82 Å². The number of rotatable bonds is 3. The normalized spacial score (nSPS) is 13.9. The number of halogens is 2. The molecule has 14 heavy (non-hydrogen) atoms. The van der Waals surface area contributed by atoms with Gasteiger partial charge in [-0.3, -0.25) is 0 Å². The first-order chi connectivity index (χ1) is 6.38. The van der Waals surface area contributed by atoms with Gasteiger partial charge in [0, 0.05) is 6.26 Å². The molecule has 0 radical (unpaired) electrons. The molecule has 0 bridgehead atoms. The second-order valence-corrected chi connectivity index (χ2v) is 5.82. The maximum atomic E-state index is 12.5. The van der Waals surface area contributed by atoms with E-state index in [9.17, 15) is 12.8 Å². The van der Waals surface area contributed by atoms with Gasteiger partial charge in [-0.1, -0.05) is 12.1 Å². The topological polar surface area (TPSA) is 34.1 Å². The van der Waals surface area contributed by atoms with Gasteiger partial charge in [0.05, 0.1) is 11.1 Å². The third kappa shape index (κ3) is 3.64. The van der Waals surface area contributed by atoms with Crippen LogP contribution in [-0.4, -0.2) is 20.4 Å². The van der Waals surface area contributed by atoms with E-state index in [4.69, 9.17) is 11.6 Å². The highest BCUT2D eigenvalue weighted by Crippen LogP contribution is 2.21. The third-order valence-electron chi connectivity index (χ3n) is 1.68. The molecule has 1 unspecified atom stereocenters. The lowest BCUT2D eigenvalue weighted by molar-refractivity contribution is 0.600. The summed E-state index contributed by atoms with van der Waals surface area (Å²) < 4.78 is 34.4. The van der Waals surface area contributed by atoms with Crippen molar-refractivity contribution in [3.63, 3.8) is 0 Å². The van der Waals surface area contributed by atoms with Crippen LogP contribution >= 0.6 is 11.6 Å². The highest BCUT2D eigenvalue weighted by molar-refractivity contribution is 7.90. The van der Waals surface area contributed by atoms with Gasteiger partial charge in [0.15, 0.2) is 0 Å². The lowest BCUT2D eigenvalue weighted by Gasteiger charge is -2.07. The molecule has 1 aromatic rings. The fourth-order valence-corrected chi connectivity index (χ4v) is 2.59. The fourth-order valence-electron chi connectivity index (χ4n) is 1.03. The lowest BCUT2D eigenvalue weighted by atomic mass is 10.2. The van der Waals surface area contributed by atoms with Gasteiger partial charge < -0.3 is 0 Å². The molecular formula is C9H10ClFO2S. The number of benzene rings is 1. The van der Waals surface area contributed by atoms with Crippen LogP contribution in [0.15, 0.2) is 24.3 Å². The van der Waals surface area contributed by atoms with E-state index in [1.54, 1.807) is 0 Å². The van der Waals surface area contributed by atoms with E-state index in [2.05, 4.69) is 0 Å². The summed E-state index contributed by atoms with van der Waals surface area (Å²) in [7, 11) is -3.11. The molecule has 0 saturated carbocycles. The third-order valence-corrected chi connectivity index (χ3v) is 3.21. The maximum absolute atomic E-state index is 12.5. The zero-order chi connectivity index (χ0) is 10.8. The van der Waals surface area contributed by atoms with Crippen LogP contribution in [0.3, 0.4) is 0 Å². The Balaban J connectivity index is 2.80. The molecule has 1 aromatic carbocycles. The van der Waals surface area contributed by atoms with Crippen LogP contribution in [0.4, 0.5) is 4.39 Å². The van der Waals surface area contributed by atoms with Crippen molar-refractivity contribution in [3.8, 4) is 0 Å². The molecule has 0 aliphatic rings. The Bertz CT molecular complexity index is 399. The van der Waals surface area contributed by atoms with Crippen LogP contribution in [-0.2, 0) is 9.84 Å². The summed E-state index contributed by atoms with van der Waals surface area (Å²) in [5.74, 6) is -0.503. The molecule has 1 rings (SSSR count). The first-order valence-electron chi connectivity index (χ1n) is 3.96. The Hall–Kier alpha value is -0.610. The Morgan fingerprint density at radius 2 is 1.86 bits per heavy atom. The minimum atomic E-state index is -3.11. The van der Waals surface area contributed by atoms with E-state index < -0.39 is 15.2 Å². The number of hydrogen-bond donors (Lipinski definition) is 0. The van der Waals surface area contributed by atoms with Gasteiger partial charge in [0.2, 0.25) is 0 Å². The summed E-state index contributed by atoms with van der Waals surface area (Å²) in [4.78, 5) is 0. The van der Waals surface area contributed by atoms with Crippen molar-refractivity contribution in [3.05, 3.63) is 35.6 Å². The second kappa shape index (κ2) is 4.28. The van der Waals surface area contributed by atoms with Gasteiger partial charge in [0.1, 0.15) is 15.7 Å². The summed E-state index contributed by atoms with van der Waals surface area (Å²) in [6, 6.07) is 5.48. The van der Waals surface area contributed by atoms with Gasteiger partial charge >= 0.3 is 0 Å². The average molecular weight is 237 g/mol. The second-order valence-electron chi connectivity index (χ2n) is 3.11. The number of hydrogen-bond acceptors (Lipinski definition) is 2. The molecule has 0 saturated heterocycles. The van der Waals surface area contributed by atoms with Crippen LogP contribution in [0.25, 0.3) is 0 Å². The van der Waals surface area contributed by atoms with Crippen molar-refractivity contribution in [2.24, 2.45) is 0 Å². The van der Waals surface area contributed by atoms with Crippen molar-refractivity contribution >= 4 is 21.4 Å². The predicted molar refractivity (Wildman–Crippen MR) is 54.7 cm³/mol. The van der Waals surface area contributed by atoms with E-state index in [-0.39, 0.29) is 11.6 Å². The largest absolute Gasteiger partial charge is 0.229 e. The van der Waals surface area contributed by atoms with Gasteiger partial charge in [-0.2, -0.15) is 0 Å². The predicted octanol–water partition coefficient (Wildman–Crippen LogP) is 2.15. The van der Waals surface area contributed by atoms with Crippen molar-refractivity contribution in [1.82, 2.24) is 0 Å². The first kappa shape index (κ1) is 11.5. The Kier molecular flexibility index (Phi) is 3.50. The van der Waals surface area contributed by atoms with Crippen LogP contribution < -0.4 is 0 Å². The minimum Gasteiger partial charge on any atom is -0.229 e. The molecule has 0 amide bonds. The highest BCUT2D eigenvalue weighted by Gasteiger charge is 2.14. The zero-order valence-electron chi connectivity index (χ0n) is 7.57. The zero-order valence-corrected chi connectivity index (χ0v) is 9.15. The fraction of sp³-hybridized carbons (Fsp3) is 0.333. The van der Waals surface area contributed by atoms with Crippen molar-refractivity contribution in [2.75, 3.05) is 12.0 Å². The standard InChI is InChI=1S/C9H10ClFO2S/c1-14(12,13)6-9(10)7-2-4-8(11)5-3-7/h2-5,9H,6H2,1H3. The molecule has 0 aliphatic carbocycles. The summed E-state index contributed by atoms with van der Waals surface area (Å²) in [6.45, 7) is 0. The highest BCUT2D eigenvalue weighted by atomic mass is 35.5. The Morgan fingerprint density at radius 3 is 2.29 bits per heavy atom. The van der Waals surface area contributed by atoms with Crippen molar-refractivity contribution in [1.29, 1.82) is 0 Å². The molecule has 0 aromatic heterocycles. The van der Waals surface area contributed by atoms with Gasteiger partial charge in [-0.05, 0) is 17.7 Å². The monoisotopic (exact) mass is 236 g/mol. The summed E-state index contributed by atoms with van der Waals surface area (Å²) >= 11 is 5.84. The molecule has 0 fully saturated rings. The molecule has 78 valence electrons. The van der Waals surface area contributed by atoms with Crippen LogP contribution in [0.5, 0.6) is 0 Å². The van der Waals surface area contributed by atoms with E-state index in [0.29, 0.717) is 5.56 Å². The van der Waals surface area contributed by atoms with Crippen LogP contribution in [0.1, 0.15) is 10.9 Å². The number of alkyl halides is 1. The van der Waals surface area contributed by atoms with E-state index in [1.165, 1.54) is 24.3 Å². The molecule has 2 nitrogen and oxygen atoms in total. The number of sulfone groups is 1. The van der Waals surface area contributed by atoms with Crippen molar-refractivity contribution in [2.45, 2.75) is 5.38 Å². The van der Waals surface area contributed by atoms with Crippen LogP contribution in [0.2, 0.25) is 0 Å². The molecule has 0 heterocycles. The average Bonchev–Trinajstić information content (AvgIpc) is 2.02. The minimum absolute atomic E-state index is 0.139. The maximum Gasteiger partial charge on any atom is 0.149 e. The van der Waals surface area contributed by atoms with Crippen molar-refractivity contribution < 1.29 is 12.8 Å². The van der Waals surface area contributed by atoms with Gasteiger partial charge in [0.25, 0.3) is 0 Å². The SMILES string of the molecule is CS(=O)(=O)CC(Cl)c1ccc(F)cc1. The summed E-state index contributed by atoms with van der Waals surface area (Å²) in [5.41, 5.74) is 0.610. The Labute approximate surface area is 87.6 Å². The summed E-state index contributed by atoms with van der Waals surface area (Å²) in [5, 5.41) is -0.620. The molecule has 1 atom stereocenters. The van der Waals surface area contributed by atoms with E-state index in [1.807, 2.05) is 0 Å². The van der Waals surface area contributed by atoms with E-state index in [0.717, 1.165) is 6.26 Å². The quantitative estimate of drug-likeness (QED) is 0.754. The Morgan fingerprint density at radius 1 is 1.36 bits per heavy atom. The lowest BCUT2D eigenvalue weighted by Crippen LogP contribution is -2.08. The molecule has 0 N–H and O–H groups in total. The van der Waals surface area contributed by atoms with Gasteiger partial charge in [-0.25, -0.2) is 12.8 Å². The first-order valence-corrected chi connectivity index (χ1v) is 6.45. The molecular weight excluding hydrogens is 227 g/mol. The molecule has 5 heteroatoms. The summed E-state index contributed by atoms with van der Waals surface area (Å²) in [6.07, 6.45) is 1.12. The smallest absolute Gasteiger partial charge is 0.149 e. The molecule has 0 spiro atoms.